The molecule has 238 valence electrons. The van der Waals surface area contributed by atoms with Gasteiger partial charge in [-0.3, -0.25) is 4.99 Å². The van der Waals surface area contributed by atoms with Crippen molar-refractivity contribution in [1.82, 2.24) is 5.32 Å². The van der Waals surface area contributed by atoms with Crippen LogP contribution in [0.5, 0.6) is 0 Å². The quantitative estimate of drug-likeness (QED) is 0.253. The van der Waals surface area contributed by atoms with Crippen LogP contribution in [-0.2, 0) is 5.41 Å². The van der Waals surface area contributed by atoms with E-state index in [1.807, 2.05) is 20.8 Å². The number of aliphatic imine (C=N–C) groups is 1. The Bertz CT molecular complexity index is 1010. The molecule has 0 unspecified atom stereocenters. The second-order valence-corrected chi connectivity index (χ2v) is 13.6. The molecule has 1 aromatic carbocycles. The van der Waals surface area contributed by atoms with Crippen LogP contribution in [0.15, 0.2) is 84.1 Å². The minimum absolute atomic E-state index is 0.146. The normalized spacial score (nSPS) is 15.3. The van der Waals surface area contributed by atoms with Crippen LogP contribution in [0.4, 0.5) is 0 Å². The Labute approximate surface area is 263 Å². The molecule has 2 aliphatic rings. The standard InChI is InChI=1S/C25H33N.C6H13N.C5H12.C2H6.C2H4/c1-18(20-13-9-14-20)24(26-19(2)21-11-7-6-8-12-21)22-15-10-16-23(17-22)25(3,4)5;1-4-5-7-6(2)3;1-5(2,3)4;2*1-2/h9-10,13-17,21H,6-8,11-12H2,1-5H3;7H,2,4-5H2,1,3H3;1-4H3;1-2H3;1-2H2/b24-18+,26-19?;;;;. The van der Waals surface area contributed by atoms with Gasteiger partial charge in [0.05, 0.1) is 5.70 Å². The van der Waals surface area contributed by atoms with Crippen molar-refractivity contribution in [1.29, 1.82) is 0 Å². The number of nitrogens with one attached hydrogen (secondary N) is 1. The summed E-state index contributed by atoms with van der Waals surface area (Å²) in [6, 6.07) is 8.96. The fourth-order valence-corrected chi connectivity index (χ4v) is 4.20. The summed E-state index contributed by atoms with van der Waals surface area (Å²) in [5.74, 6) is 0.656. The molecule has 0 amide bonds. The summed E-state index contributed by atoms with van der Waals surface area (Å²) in [4.78, 5) is 5.22. The highest BCUT2D eigenvalue weighted by Gasteiger charge is 2.19. The van der Waals surface area contributed by atoms with Crippen LogP contribution < -0.4 is 5.32 Å². The number of benzene rings is 1. The molecule has 1 saturated carbocycles. The maximum Gasteiger partial charge on any atom is 0.0736 e. The first-order valence-corrected chi connectivity index (χ1v) is 16.3. The van der Waals surface area contributed by atoms with Gasteiger partial charge in [0.2, 0.25) is 0 Å². The number of allylic oxidation sites excluding steroid dienone is 6. The highest BCUT2D eigenvalue weighted by Crippen LogP contribution is 2.33. The molecule has 0 spiro atoms. The van der Waals surface area contributed by atoms with Crippen LogP contribution in [-0.4, -0.2) is 12.3 Å². The lowest BCUT2D eigenvalue weighted by Crippen LogP contribution is -2.15. The van der Waals surface area contributed by atoms with Gasteiger partial charge in [-0.1, -0.05) is 132 Å². The van der Waals surface area contributed by atoms with E-state index < -0.39 is 0 Å². The molecule has 0 aliphatic heterocycles. The molecular weight excluding hydrogens is 508 g/mol. The zero-order valence-corrected chi connectivity index (χ0v) is 30.1. The third-order valence-corrected chi connectivity index (χ3v) is 6.50. The van der Waals surface area contributed by atoms with Gasteiger partial charge in [0, 0.05) is 23.5 Å². The Morgan fingerprint density at radius 1 is 0.929 bits per heavy atom. The lowest BCUT2D eigenvalue weighted by molar-refractivity contribution is 0.438. The number of hydrogen-bond donors (Lipinski definition) is 1. The summed E-state index contributed by atoms with van der Waals surface area (Å²) in [6.45, 7) is 38.9. The van der Waals surface area contributed by atoms with E-state index in [-0.39, 0.29) is 5.41 Å². The van der Waals surface area contributed by atoms with Gasteiger partial charge in [0.25, 0.3) is 0 Å². The van der Waals surface area contributed by atoms with Crippen molar-refractivity contribution in [2.75, 3.05) is 6.54 Å². The molecule has 0 bridgehead atoms. The number of nitrogens with zero attached hydrogens (tertiary/aromatic N) is 1. The molecule has 1 N–H and O–H groups in total. The lowest BCUT2D eigenvalue weighted by Gasteiger charge is -2.23. The molecule has 2 aliphatic carbocycles. The minimum atomic E-state index is 0.146. The summed E-state index contributed by atoms with van der Waals surface area (Å²) in [7, 11) is 0. The van der Waals surface area contributed by atoms with Crippen molar-refractivity contribution < 1.29 is 0 Å². The summed E-state index contributed by atoms with van der Waals surface area (Å²) in [5, 5.41) is 3.10. The van der Waals surface area contributed by atoms with E-state index in [4.69, 9.17) is 4.99 Å². The second kappa shape index (κ2) is 22.0. The van der Waals surface area contributed by atoms with E-state index in [9.17, 15) is 0 Å². The van der Waals surface area contributed by atoms with Crippen LogP contribution >= 0.6 is 0 Å². The maximum absolute atomic E-state index is 5.22. The van der Waals surface area contributed by atoms with Crippen molar-refractivity contribution in [2.45, 2.75) is 134 Å². The van der Waals surface area contributed by atoms with Gasteiger partial charge >= 0.3 is 0 Å². The largest absolute Gasteiger partial charge is 0.389 e. The van der Waals surface area contributed by atoms with Gasteiger partial charge in [-0.05, 0) is 79.6 Å². The minimum Gasteiger partial charge on any atom is -0.389 e. The molecule has 42 heavy (non-hydrogen) atoms. The smallest absolute Gasteiger partial charge is 0.0736 e. The van der Waals surface area contributed by atoms with E-state index in [1.54, 1.807) is 0 Å². The van der Waals surface area contributed by atoms with Crippen molar-refractivity contribution in [3.63, 3.8) is 0 Å². The highest BCUT2D eigenvalue weighted by atomic mass is 14.9. The predicted molar refractivity (Wildman–Crippen MR) is 195 cm³/mol. The van der Waals surface area contributed by atoms with E-state index in [0.717, 1.165) is 17.9 Å². The molecule has 0 aromatic heterocycles. The van der Waals surface area contributed by atoms with Gasteiger partial charge in [0.1, 0.15) is 0 Å². The van der Waals surface area contributed by atoms with Crippen LogP contribution in [0.2, 0.25) is 0 Å². The van der Waals surface area contributed by atoms with Gasteiger partial charge in [-0.25, -0.2) is 0 Å². The number of rotatable bonds is 7. The first-order valence-electron chi connectivity index (χ1n) is 16.3. The van der Waals surface area contributed by atoms with Gasteiger partial charge in [-0.15, -0.1) is 13.2 Å². The molecule has 2 heteroatoms. The van der Waals surface area contributed by atoms with Crippen LogP contribution in [0, 0.1) is 11.3 Å². The molecule has 0 saturated heterocycles. The van der Waals surface area contributed by atoms with Gasteiger partial charge in [-0.2, -0.15) is 0 Å². The lowest BCUT2D eigenvalue weighted by atomic mass is 9.85. The van der Waals surface area contributed by atoms with Crippen LogP contribution in [0.25, 0.3) is 5.70 Å². The average Bonchev–Trinajstić information content (AvgIpc) is 2.91. The molecule has 0 radical (unpaired) electrons. The summed E-state index contributed by atoms with van der Waals surface area (Å²) in [6.07, 6.45) is 14.3. The fourth-order valence-electron chi connectivity index (χ4n) is 4.20. The molecule has 0 atom stereocenters. The van der Waals surface area contributed by atoms with Crippen molar-refractivity contribution in [3.05, 3.63) is 90.2 Å². The third kappa shape index (κ3) is 18.7. The summed E-state index contributed by atoms with van der Waals surface area (Å²) < 4.78 is 0. The van der Waals surface area contributed by atoms with Crippen molar-refractivity contribution in [3.8, 4) is 0 Å². The predicted octanol–water partition coefficient (Wildman–Crippen LogP) is 12.7. The summed E-state index contributed by atoms with van der Waals surface area (Å²) >= 11 is 0. The van der Waals surface area contributed by atoms with E-state index >= 15 is 0 Å². The zero-order chi connectivity index (χ0) is 32.9. The Hall–Kier alpha value is -2.61. The monoisotopic (exact) mass is 577 g/mol. The molecule has 1 fully saturated rings. The molecule has 2 nitrogen and oxygen atoms in total. The SMILES string of the molecule is C=C.C=C(C)NCCC.CC.CC(=N/C(=C(\C)C1=CC=C1)c1cccc(C(C)(C)C)c1)C1CCCCC1.CC(C)(C)C. The molecule has 0 heterocycles. The summed E-state index contributed by atoms with van der Waals surface area (Å²) in [5.41, 5.74) is 9.36. The average molecular weight is 577 g/mol. The Morgan fingerprint density at radius 3 is 1.83 bits per heavy atom. The van der Waals surface area contributed by atoms with Gasteiger partial charge in [0.15, 0.2) is 0 Å². The van der Waals surface area contributed by atoms with E-state index in [1.165, 1.54) is 66.5 Å². The van der Waals surface area contributed by atoms with E-state index in [0.29, 0.717) is 11.3 Å². The van der Waals surface area contributed by atoms with Crippen LogP contribution in [0.1, 0.15) is 140 Å². The third-order valence-electron chi connectivity index (χ3n) is 6.50. The topological polar surface area (TPSA) is 24.4 Å². The van der Waals surface area contributed by atoms with Crippen molar-refractivity contribution in [2.24, 2.45) is 16.3 Å². The Balaban J connectivity index is 0. The van der Waals surface area contributed by atoms with Crippen LogP contribution in [0.3, 0.4) is 0 Å². The highest BCUT2D eigenvalue weighted by molar-refractivity contribution is 5.91. The first-order chi connectivity index (χ1) is 19.6. The Morgan fingerprint density at radius 2 is 1.45 bits per heavy atom. The second-order valence-electron chi connectivity index (χ2n) is 13.6. The molecule has 1 aromatic rings. The zero-order valence-electron chi connectivity index (χ0n) is 30.1. The molecular formula is C40H68N2. The number of hydrogen-bond acceptors (Lipinski definition) is 2. The van der Waals surface area contributed by atoms with Gasteiger partial charge < -0.3 is 5.32 Å². The fraction of sp³-hybridized carbons (Fsp3) is 0.575. The maximum atomic E-state index is 5.22. The molecule has 3 rings (SSSR count). The first kappa shape index (κ1) is 41.5. The van der Waals surface area contributed by atoms with Crippen molar-refractivity contribution >= 4 is 11.4 Å². The van der Waals surface area contributed by atoms with E-state index in [2.05, 4.69) is 137 Å². The Kier molecular flexibility index (Phi) is 21.8.